The molecule has 108 valence electrons. The first kappa shape index (κ1) is 13.6. The first-order valence-electron chi connectivity index (χ1n) is 6.33. The zero-order valence-electron chi connectivity index (χ0n) is 10.9. The third-order valence-electron chi connectivity index (χ3n) is 3.03. The number of carboxylic acids is 1. The van der Waals surface area contributed by atoms with Gasteiger partial charge in [-0.05, 0) is 30.3 Å². The topological polar surface area (TPSA) is 67.8 Å². The third kappa shape index (κ3) is 2.87. The van der Waals surface area contributed by atoms with Crippen LogP contribution in [-0.2, 0) is 0 Å². The average Bonchev–Trinajstić information content (AvgIpc) is 2.49. The SMILES string of the molecule is O=C(O)c1cc(Cl)ccc1Nc1ccc2c(c1)OCCO2. The highest BCUT2D eigenvalue weighted by atomic mass is 35.5. The standard InChI is InChI=1S/C15H12ClNO4/c16-9-1-3-12(11(7-9)15(18)19)17-10-2-4-13-14(8-10)21-6-5-20-13/h1-4,7-8,17H,5-6H2,(H,18,19). The minimum Gasteiger partial charge on any atom is -0.486 e. The second-order valence-corrected chi connectivity index (χ2v) is 4.91. The lowest BCUT2D eigenvalue weighted by Crippen LogP contribution is -2.15. The van der Waals surface area contributed by atoms with Gasteiger partial charge in [-0.25, -0.2) is 4.79 Å². The third-order valence-corrected chi connectivity index (χ3v) is 3.27. The van der Waals surface area contributed by atoms with Gasteiger partial charge in [0, 0.05) is 16.8 Å². The predicted molar refractivity (Wildman–Crippen MR) is 79.1 cm³/mol. The summed E-state index contributed by atoms with van der Waals surface area (Å²) >= 11 is 5.83. The maximum atomic E-state index is 11.3. The van der Waals surface area contributed by atoms with Crippen LogP contribution in [0.2, 0.25) is 5.02 Å². The van der Waals surface area contributed by atoms with Crippen molar-refractivity contribution in [2.75, 3.05) is 18.5 Å². The largest absolute Gasteiger partial charge is 0.486 e. The molecule has 0 fully saturated rings. The fourth-order valence-electron chi connectivity index (χ4n) is 2.08. The van der Waals surface area contributed by atoms with Crippen molar-refractivity contribution in [2.45, 2.75) is 0 Å². The number of hydrogen-bond donors (Lipinski definition) is 2. The molecule has 21 heavy (non-hydrogen) atoms. The minimum absolute atomic E-state index is 0.109. The normalized spacial score (nSPS) is 12.8. The molecule has 1 heterocycles. The highest BCUT2D eigenvalue weighted by molar-refractivity contribution is 6.31. The van der Waals surface area contributed by atoms with E-state index < -0.39 is 5.97 Å². The molecular weight excluding hydrogens is 294 g/mol. The number of aromatic carboxylic acids is 1. The van der Waals surface area contributed by atoms with Crippen molar-refractivity contribution in [2.24, 2.45) is 0 Å². The van der Waals surface area contributed by atoms with E-state index in [9.17, 15) is 9.90 Å². The van der Waals surface area contributed by atoms with Gasteiger partial charge < -0.3 is 19.9 Å². The monoisotopic (exact) mass is 305 g/mol. The van der Waals surface area contributed by atoms with Crippen LogP contribution in [0.15, 0.2) is 36.4 Å². The molecule has 0 saturated carbocycles. The van der Waals surface area contributed by atoms with Gasteiger partial charge in [0.1, 0.15) is 13.2 Å². The number of hydrogen-bond acceptors (Lipinski definition) is 4. The Kier molecular flexibility index (Phi) is 3.58. The maximum absolute atomic E-state index is 11.3. The lowest BCUT2D eigenvalue weighted by Gasteiger charge is -2.19. The first-order valence-corrected chi connectivity index (χ1v) is 6.71. The van der Waals surface area contributed by atoms with Crippen LogP contribution in [0.5, 0.6) is 11.5 Å². The average molecular weight is 306 g/mol. The Hall–Kier alpha value is -2.40. The number of halogens is 1. The smallest absolute Gasteiger partial charge is 0.337 e. The quantitative estimate of drug-likeness (QED) is 0.907. The Morgan fingerprint density at radius 3 is 2.62 bits per heavy atom. The molecule has 0 aromatic heterocycles. The summed E-state index contributed by atoms with van der Waals surface area (Å²) in [6.07, 6.45) is 0. The van der Waals surface area contributed by atoms with Gasteiger partial charge in [0.15, 0.2) is 11.5 Å². The van der Waals surface area contributed by atoms with E-state index >= 15 is 0 Å². The summed E-state index contributed by atoms with van der Waals surface area (Å²) in [5.41, 5.74) is 1.28. The molecule has 0 radical (unpaired) electrons. The Bertz CT molecular complexity index is 702. The van der Waals surface area contributed by atoms with E-state index in [2.05, 4.69) is 5.32 Å². The van der Waals surface area contributed by atoms with Gasteiger partial charge in [0.2, 0.25) is 0 Å². The molecule has 0 bridgehead atoms. The van der Waals surface area contributed by atoms with Crippen LogP contribution in [0.25, 0.3) is 0 Å². The summed E-state index contributed by atoms with van der Waals surface area (Å²) in [6.45, 7) is 1.03. The number of benzene rings is 2. The second kappa shape index (κ2) is 5.54. The highest BCUT2D eigenvalue weighted by Crippen LogP contribution is 2.34. The van der Waals surface area contributed by atoms with E-state index in [1.807, 2.05) is 0 Å². The van der Waals surface area contributed by atoms with Gasteiger partial charge in [-0.15, -0.1) is 0 Å². The van der Waals surface area contributed by atoms with Crippen LogP contribution < -0.4 is 14.8 Å². The van der Waals surface area contributed by atoms with Gasteiger partial charge >= 0.3 is 5.97 Å². The Morgan fingerprint density at radius 1 is 1.10 bits per heavy atom. The zero-order chi connectivity index (χ0) is 14.8. The fraction of sp³-hybridized carbons (Fsp3) is 0.133. The molecule has 0 spiro atoms. The molecule has 0 unspecified atom stereocenters. The number of ether oxygens (including phenoxy) is 2. The Balaban J connectivity index is 1.92. The van der Waals surface area contributed by atoms with Crippen LogP contribution in [0.4, 0.5) is 11.4 Å². The predicted octanol–water partition coefficient (Wildman–Crippen LogP) is 3.55. The highest BCUT2D eigenvalue weighted by Gasteiger charge is 2.14. The number of fused-ring (bicyclic) bond motifs is 1. The van der Waals surface area contributed by atoms with Gasteiger partial charge in [-0.2, -0.15) is 0 Å². The zero-order valence-corrected chi connectivity index (χ0v) is 11.7. The lowest BCUT2D eigenvalue weighted by atomic mass is 10.1. The number of anilines is 2. The molecule has 1 aliphatic rings. The number of carbonyl (C=O) groups is 1. The van der Waals surface area contributed by atoms with Gasteiger partial charge in [0.05, 0.1) is 11.3 Å². The minimum atomic E-state index is -1.04. The fourth-order valence-corrected chi connectivity index (χ4v) is 2.25. The van der Waals surface area contributed by atoms with Crippen LogP contribution in [-0.4, -0.2) is 24.3 Å². The van der Waals surface area contributed by atoms with Crippen LogP contribution >= 0.6 is 11.6 Å². The molecule has 0 aliphatic carbocycles. The van der Waals surface area contributed by atoms with E-state index in [1.54, 1.807) is 30.3 Å². The van der Waals surface area contributed by atoms with Crippen molar-refractivity contribution >= 4 is 28.9 Å². The summed E-state index contributed by atoms with van der Waals surface area (Å²) in [5, 5.41) is 12.6. The summed E-state index contributed by atoms with van der Waals surface area (Å²) < 4.78 is 10.9. The number of carboxylic acid groups (broad SMARTS) is 1. The molecule has 3 rings (SSSR count). The molecular formula is C15H12ClNO4. The molecule has 0 atom stereocenters. The van der Waals surface area contributed by atoms with E-state index in [0.717, 1.165) is 0 Å². The second-order valence-electron chi connectivity index (χ2n) is 4.48. The summed E-state index contributed by atoms with van der Waals surface area (Å²) in [6, 6.07) is 10.0. The molecule has 1 aliphatic heterocycles. The van der Waals surface area contributed by atoms with Crippen molar-refractivity contribution in [3.8, 4) is 11.5 Å². The van der Waals surface area contributed by atoms with Crippen LogP contribution in [0.3, 0.4) is 0 Å². The molecule has 0 saturated heterocycles. The van der Waals surface area contributed by atoms with Crippen LogP contribution in [0.1, 0.15) is 10.4 Å². The Morgan fingerprint density at radius 2 is 1.86 bits per heavy atom. The summed E-state index contributed by atoms with van der Waals surface area (Å²) in [7, 11) is 0. The summed E-state index contributed by atoms with van der Waals surface area (Å²) in [4.78, 5) is 11.3. The van der Waals surface area contributed by atoms with E-state index in [1.165, 1.54) is 6.07 Å². The number of nitrogens with one attached hydrogen (secondary N) is 1. The van der Waals surface area contributed by atoms with E-state index in [-0.39, 0.29) is 5.56 Å². The van der Waals surface area contributed by atoms with Crippen molar-refractivity contribution in [3.63, 3.8) is 0 Å². The van der Waals surface area contributed by atoms with Crippen molar-refractivity contribution < 1.29 is 19.4 Å². The van der Waals surface area contributed by atoms with Crippen molar-refractivity contribution in [1.82, 2.24) is 0 Å². The molecule has 0 amide bonds. The lowest BCUT2D eigenvalue weighted by molar-refractivity contribution is 0.0698. The van der Waals surface area contributed by atoms with E-state index in [4.69, 9.17) is 21.1 Å². The van der Waals surface area contributed by atoms with Crippen molar-refractivity contribution in [1.29, 1.82) is 0 Å². The molecule has 2 aromatic rings. The van der Waals surface area contributed by atoms with Gasteiger partial charge in [-0.1, -0.05) is 11.6 Å². The molecule has 6 heteroatoms. The maximum Gasteiger partial charge on any atom is 0.337 e. The molecule has 2 aromatic carbocycles. The van der Waals surface area contributed by atoms with Crippen LogP contribution in [0, 0.1) is 0 Å². The number of rotatable bonds is 3. The molecule has 2 N–H and O–H groups in total. The molecule has 5 nitrogen and oxygen atoms in total. The van der Waals surface area contributed by atoms with Gasteiger partial charge in [0.25, 0.3) is 0 Å². The van der Waals surface area contributed by atoms with E-state index in [0.29, 0.717) is 41.1 Å². The van der Waals surface area contributed by atoms with Crippen molar-refractivity contribution in [3.05, 3.63) is 47.0 Å². The Labute approximate surface area is 126 Å². The van der Waals surface area contributed by atoms with Gasteiger partial charge in [-0.3, -0.25) is 0 Å². The first-order chi connectivity index (χ1) is 10.1. The summed E-state index contributed by atoms with van der Waals surface area (Å²) in [5.74, 6) is 0.274.